The van der Waals surface area contributed by atoms with Crippen molar-refractivity contribution < 1.29 is 17.5 Å². The molecule has 0 saturated heterocycles. The Labute approximate surface area is 92.7 Å². The molecule has 0 spiro atoms. The van der Waals surface area contributed by atoms with Gasteiger partial charge in [0, 0.05) is 6.20 Å². The van der Waals surface area contributed by atoms with Gasteiger partial charge in [0.15, 0.2) is 5.75 Å². The second-order valence-corrected chi connectivity index (χ2v) is 5.42. The highest BCUT2D eigenvalue weighted by Gasteiger charge is 2.27. The van der Waals surface area contributed by atoms with Gasteiger partial charge in [0.2, 0.25) is 10.0 Å². The van der Waals surface area contributed by atoms with E-state index in [2.05, 4.69) is 9.71 Å². The van der Waals surface area contributed by atoms with Gasteiger partial charge < -0.3 is 4.74 Å². The first-order valence-electron chi connectivity index (χ1n) is 4.74. The lowest BCUT2D eigenvalue weighted by atomic mass is 10.4. The lowest BCUT2D eigenvalue weighted by Crippen LogP contribution is -2.12. The number of hydrogen-bond acceptors (Lipinski definition) is 4. The van der Waals surface area contributed by atoms with E-state index in [0.29, 0.717) is 0 Å². The molecule has 16 heavy (non-hydrogen) atoms. The van der Waals surface area contributed by atoms with E-state index in [4.69, 9.17) is 4.74 Å². The second kappa shape index (κ2) is 3.89. The Kier molecular flexibility index (Phi) is 2.71. The van der Waals surface area contributed by atoms with E-state index in [1.165, 1.54) is 12.3 Å². The monoisotopic (exact) mass is 246 g/mol. The van der Waals surface area contributed by atoms with Gasteiger partial charge >= 0.3 is 0 Å². The molecule has 1 aromatic rings. The Morgan fingerprint density at radius 3 is 2.81 bits per heavy atom. The minimum absolute atomic E-state index is 0.0289. The van der Waals surface area contributed by atoms with Gasteiger partial charge in [-0.05, 0) is 18.9 Å². The van der Waals surface area contributed by atoms with Crippen LogP contribution in [0.5, 0.6) is 5.75 Å². The summed E-state index contributed by atoms with van der Waals surface area (Å²) in [6.45, 7) is 0. The van der Waals surface area contributed by atoms with Crippen LogP contribution in [0.4, 0.5) is 10.1 Å². The largest absolute Gasteiger partial charge is 0.484 e. The van der Waals surface area contributed by atoms with Crippen LogP contribution >= 0.6 is 0 Å². The van der Waals surface area contributed by atoms with Gasteiger partial charge in [-0.25, -0.2) is 13.4 Å². The minimum atomic E-state index is -3.46. The highest BCUT2D eigenvalue weighted by molar-refractivity contribution is 7.92. The lowest BCUT2D eigenvalue weighted by Gasteiger charge is -2.11. The second-order valence-electron chi connectivity index (χ2n) is 3.67. The van der Waals surface area contributed by atoms with Crippen molar-refractivity contribution in [3.8, 4) is 5.75 Å². The van der Waals surface area contributed by atoms with Crippen LogP contribution in [0.3, 0.4) is 0 Å². The lowest BCUT2D eigenvalue weighted by molar-refractivity contribution is 0.285. The number of nitrogens with zero attached hydrogens (tertiary/aromatic N) is 1. The number of sulfonamides is 1. The third-order valence-electron chi connectivity index (χ3n) is 1.97. The zero-order valence-corrected chi connectivity index (χ0v) is 9.42. The Morgan fingerprint density at radius 1 is 1.56 bits per heavy atom. The van der Waals surface area contributed by atoms with E-state index in [9.17, 15) is 12.8 Å². The Bertz CT molecular complexity index is 499. The minimum Gasteiger partial charge on any atom is -0.484 e. The third-order valence-corrected chi connectivity index (χ3v) is 2.56. The first-order chi connectivity index (χ1) is 7.46. The van der Waals surface area contributed by atoms with Gasteiger partial charge in [-0.15, -0.1) is 0 Å². The van der Waals surface area contributed by atoms with Crippen LogP contribution in [-0.4, -0.2) is 25.8 Å². The zero-order valence-electron chi connectivity index (χ0n) is 8.60. The molecule has 2 rings (SSSR count). The smallest absolute Gasteiger partial charge is 0.257 e. The summed E-state index contributed by atoms with van der Waals surface area (Å²) in [5, 5.41) is 0. The van der Waals surface area contributed by atoms with E-state index < -0.39 is 16.0 Å². The molecule has 0 bridgehead atoms. The molecule has 1 N–H and O–H groups in total. The fraction of sp³-hybridized carbons (Fsp3) is 0.444. The van der Waals surface area contributed by atoms with Gasteiger partial charge in [-0.1, -0.05) is 0 Å². The molecule has 0 aliphatic heterocycles. The number of halogens is 1. The molecular weight excluding hydrogens is 235 g/mol. The zero-order chi connectivity index (χ0) is 11.8. The fourth-order valence-corrected chi connectivity index (χ4v) is 1.73. The van der Waals surface area contributed by atoms with Gasteiger partial charge in [0.1, 0.15) is 0 Å². The molecule has 0 unspecified atom stereocenters. The van der Waals surface area contributed by atoms with E-state index in [-0.39, 0.29) is 17.5 Å². The summed E-state index contributed by atoms with van der Waals surface area (Å²) < 4.78 is 42.9. The van der Waals surface area contributed by atoms with Crippen LogP contribution in [0.1, 0.15) is 12.8 Å². The first kappa shape index (κ1) is 11.1. The van der Waals surface area contributed by atoms with E-state index in [1.807, 2.05) is 0 Å². The molecule has 0 aromatic carbocycles. The molecule has 7 heteroatoms. The molecule has 1 aromatic heterocycles. The summed E-state index contributed by atoms with van der Waals surface area (Å²) in [7, 11) is -3.46. The number of anilines is 1. The van der Waals surface area contributed by atoms with Crippen molar-refractivity contribution in [2.45, 2.75) is 18.9 Å². The van der Waals surface area contributed by atoms with Crippen LogP contribution in [-0.2, 0) is 10.0 Å². The number of hydrogen-bond donors (Lipinski definition) is 1. The van der Waals surface area contributed by atoms with E-state index >= 15 is 0 Å². The molecule has 5 nitrogen and oxygen atoms in total. The number of aromatic nitrogens is 1. The average molecular weight is 246 g/mol. The van der Waals surface area contributed by atoms with Crippen LogP contribution in [0.25, 0.3) is 0 Å². The molecular formula is C9H11FN2O3S. The van der Waals surface area contributed by atoms with E-state index in [0.717, 1.165) is 19.1 Å². The molecule has 0 radical (unpaired) electrons. The predicted molar refractivity (Wildman–Crippen MR) is 56.3 cm³/mol. The van der Waals surface area contributed by atoms with Crippen LogP contribution in [0.15, 0.2) is 12.3 Å². The number of ether oxygens (including phenoxy) is 1. The van der Waals surface area contributed by atoms with Gasteiger partial charge in [-0.3, -0.25) is 4.72 Å². The maximum absolute atomic E-state index is 13.3. The molecule has 1 fully saturated rings. The van der Waals surface area contributed by atoms with Crippen molar-refractivity contribution in [2.24, 2.45) is 0 Å². The van der Waals surface area contributed by atoms with Gasteiger partial charge in [0.25, 0.3) is 5.95 Å². The van der Waals surface area contributed by atoms with Crippen molar-refractivity contribution >= 4 is 15.7 Å². The maximum Gasteiger partial charge on any atom is 0.257 e. The highest BCUT2D eigenvalue weighted by Crippen LogP contribution is 2.33. The van der Waals surface area contributed by atoms with Crippen molar-refractivity contribution in [1.29, 1.82) is 0 Å². The normalized spacial score (nSPS) is 15.9. The predicted octanol–water partition coefficient (Wildman–Crippen LogP) is 1.13. The van der Waals surface area contributed by atoms with Crippen LogP contribution < -0.4 is 9.46 Å². The van der Waals surface area contributed by atoms with Crippen molar-refractivity contribution in [1.82, 2.24) is 4.98 Å². The fourth-order valence-electron chi connectivity index (χ4n) is 1.17. The summed E-state index contributed by atoms with van der Waals surface area (Å²) in [6, 6.07) is 1.36. The quantitative estimate of drug-likeness (QED) is 0.809. The molecule has 1 aliphatic rings. The molecule has 1 heterocycles. The van der Waals surface area contributed by atoms with Crippen molar-refractivity contribution in [3.05, 3.63) is 18.2 Å². The first-order valence-corrected chi connectivity index (χ1v) is 6.64. The van der Waals surface area contributed by atoms with Crippen LogP contribution in [0.2, 0.25) is 0 Å². The third kappa shape index (κ3) is 2.82. The summed E-state index contributed by atoms with van der Waals surface area (Å²) >= 11 is 0. The molecule has 88 valence electrons. The summed E-state index contributed by atoms with van der Waals surface area (Å²) in [5.41, 5.74) is 0.0851. The maximum atomic E-state index is 13.3. The van der Waals surface area contributed by atoms with E-state index in [1.54, 1.807) is 0 Å². The Hall–Kier alpha value is -1.37. The standard InChI is InChI=1S/C9H11FN2O3S/c1-16(13,14)12-7-4-5-11-9(10)8(7)15-6-2-3-6/h4-6H,2-3H2,1H3,(H,11,12). The molecule has 0 atom stereocenters. The van der Waals surface area contributed by atoms with Crippen molar-refractivity contribution in [2.75, 3.05) is 11.0 Å². The molecule has 1 aliphatic carbocycles. The average Bonchev–Trinajstić information content (AvgIpc) is 2.92. The number of rotatable bonds is 4. The molecule has 1 saturated carbocycles. The summed E-state index contributed by atoms with van der Waals surface area (Å²) in [6.07, 6.45) is 3.85. The van der Waals surface area contributed by atoms with Crippen LogP contribution in [0, 0.1) is 5.95 Å². The summed E-state index contributed by atoms with van der Waals surface area (Å²) in [5.74, 6) is -0.934. The molecule has 0 amide bonds. The Morgan fingerprint density at radius 2 is 2.25 bits per heavy atom. The van der Waals surface area contributed by atoms with Gasteiger partial charge in [-0.2, -0.15) is 4.39 Å². The number of pyridine rings is 1. The highest BCUT2D eigenvalue weighted by atomic mass is 32.2. The van der Waals surface area contributed by atoms with Gasteiger partial charge in [0.05, 0.1) is 18.0 Å². The summed E-state index contributed by atoms with van der Waals surface area (Å²) in [4.78, 5) is 3.42. The van der Waals surface area contributed by atoms with Crippen molar-refractivity contribution in [3.63, 3.8) is 0 Å². The SMILES string of the molecule is CS(=O)(=O)Nc1ccnc(F)c1OC1CC1. The topological polar surface area (TPSA) is 68.3 Å². The Balaban J connectivity index is 2.31. The number of nitrogens with one attached hydrogen (secondary N) is 1.